The molecule has 0 unspecified atom stereocenters. The Bertz CT molecular complexity index is 508. The van der Waals surface area contributed by atoms with Crippen molar-refractivity contribution in [2.45, 2.75) is 0 Å². The van der Waals surface area contributed by atoms with E-state index in [0.717, 1.165) is 0 Å². The van der Waals surface area contributed by atoms with Crippen LogP contribution in [0.4, 0.5) is 0 Å². The van der Waals surface area contributed by atoms with E-state index in [4.69, 9.17) is 99.0 Å². The molecule has 0 saturated heterocycles. The molecule has 2 radical (unpaired) electrons. The van der Waals surface area contributed by atoms with Crippen LogP contribution < -0.4 is 51.1 Å². The Labute approximate surface area is 196 Å². The van der Waals surface area contributed by atoms with E-state index in [1.165, 1.54) is 0 Å². The predicted molar refractivity (Wildman–Crippen MR) is 50.1 cm³/mol. The number of carbonyl (C=O) groups is 10. The van der Waals surface area contributed by atoms with Crippen LogP contribution in [-0.4, -0.2) is 59.7 Å². The molecule has 0 bridgehead atoms. The van der Waals surface area contributed by atoms with Crippen molar-refractivity contribution in [3.05, 3.63) is 0 Å². The van der Waals surface area contributed by atoms with Crippen LogP contribution in [0.25, 0.3) is 0 Å². The summed E-state index contributed by atoms with van der Waals surface area (Å²) in [4.78, 5) is 89.3. The maximum Gasteiger partial charge on any atom is 0.0870 e. The van der Waals surface area contributed by atoms with Gasteiger partial charge in [-0.1, -0.05) is 0 Å². The summed E-state index contributed by atoms with van der Waals surface area (Å²) in [5, 5.41) is 89.3. The van der Waals surface area contributed by atoms with Crippen molar-refractivity contribution >= 4 is 59.7 Å². The molecule has 0 fully saturated rings. The minimum Gasteiger partial charge on any atom is -0.543 e. The molecule has 0 amide bonds. The van der Waals surface area contributed by atoms with Gasteiger partial charge in [-0.15, -0.1) is 0 Å². The first kappa shape index (κ1) is 46.2. The summed E-state index contributed by atoms with van der Waals surface area (Å²) >= 11 is 0. The zero-order chi connectivity index (χ0) is 25.8. The van der Waals surface area contributed by atoms with Gasteiger partial charge in [-0.05, 0) is 0 Å². The molecule has 0 aliphatic rings. The number of carboxylic acids is 10. The monoisotopic (exact) mass is 542 g/mol. The number of hydrogen-bond donors (Lipinski definition) is 0. The van der Waals surface area contributed by atoms with Crippen molar-refractivity contribution in [1.29, 1.82) is 0 Å². The quantitative estimate of drug-likeness (QED) is 0.256. The average molecular weight is 542 g/mol. The van der Waals surface area contributed by atoms with Crippen LogP contribution in [0, 0.1) is 0 Å². The molecule has 0 aromatic heterocycles. The van der Waals surface area contributed by atoms with Crippen LogP contribution in [-0.2, 0) is 85.1 Å². The molecular formula is C10O20V2-10. The Morgan fingerprint density at radius 2 is 0.250 bits per heavy atom. The van der Waals surface area contributed by atoms with Crippen LogP contribution in [0.1, 0.15) is 0 Å². The molecule has 20 nitrogen and oxygen atoms in total. The minimum absolute atomic E-state index is 0. The summed E-state index contributed by atoms with van der Waals surface area (Å²) < 4.78 is 0. The van der Waals surface area contributed by atoms with Crippen LogP contribution in [0.5, 0.6) is 0 Å². The first-order valence-electron chi connectivity index (χ1n) is 5.33. The Morgan fingerprint density at radius 1 is 0.219 bits per heavy atom. The molecule has 0 aliphatic heterocycles. The molecule has 32 heavy (non-hydrogen) atoms. The molecule has 0 aliphatic carbocycles. The summed E-state index contributed by atoms with van der Waals surface area (Å²) in [5.41, 5.74) is 0. The summed E-state index contributed by atoms with van der Waals surface area (Å²) in [6.45, 7) is 0. The van der Waals surface area contributed by atoms with Crippen molar-refractivity contribution in [2.24, 2.45) is 0 Å². The summed E-state index contributed by atoms with van der Waals surface area (Å²) in [5.74, 6) is -21.9. The Kier molecular flexibility index (Phi) is 38.8. The van der Waals surface area contributed by atoms with Crippen LogP contribution in [0.15, 0.2) is 0 Å². The van der Waals surface area contributed by atoms with E-state index in [-0.39, 0.29) is 37.1 Å². The fourth-order valence-electron chi connectivity index (χ4n) is 0. The fraction of sp³-hybridized carbons (Fsp3) is 0. The number of carbonyl (C=O) groups excluding carboxylic acids is 10. The first-order chi connectivity index (χ1) is 13.2. The number of aliphatic carboxylic acids is 10. The smallest absolute Gasteiger partial charge is 0.0870 e. The zero-order valence-electron chi connectivity index (χ0n) is 14.1. The third kappa shape index (κ3) is 63.5. The first-order valence-corrected chi connectivity index (χ1v) is 5.33. The molecule has 0 heterocycles. The largest absolute Gasteiger partial charge is 0.543 e. The second kappa shape index (κ2) is 26.9. The maximum absolute atomic E-state index is 8.93. The summed E-state index contributed by atoms with van der Waals surface area (Å²) in [6.07, 6.45) is 0. The van der Waals surface area contributed by atoms with Crippen molar-refractivity contribution < 1.29 is 136 Å². The molecule has 0 N–H and O–H groups in total. The molecule has 0 aromatic carbocycles. The predicted octanol–water partition coefficient (Wildman–Crippen LogP) is -17.6. The topological polar surface area (TPSA) is 401 Å². The summed E-state index contributed by atoms with van der Waals surface area (Å²) in [6, 6.07) is 0. The van der Waals surface area contributed by atoms with Gasteiger partial charge in [-0.2, -0.15) is 0 Å². The second-order valence-electron chi connectivity index (χ2n) is 2.87. The second-order valence-corrected chi connectivity index (χ2v) is 2.87. The van der Waals surface area contributed by atoms with E-state index in [2.05, 4.69) is 0 Å². The molecule has 0 aromatic rings. The number of rotatable bonds is 0. The van der Waals surface area contributed by atoms with E-state index < -0.39 is 59.7 Å². The number of hydrogen-bond acceptors (Lipinski definition) is 20. The standard InChI is InChI=1S/5C2H2O4.2V/c5*3-1(4)2(5)6;;/h5*(H,3,4)(H,5,6);;/p-10. The Hall–Kier alpha value is -4.13. The van der Waals surface area contributed by atoms with Gasteiger partial charge in [0.05, 0.1) is 59.7 Å². The van der Waals surface area contributed by atoms with Crippen LogP contribution in [0.3, 0.4) is 0 Å². The van der Waals surface area contributed by atoms with E-state index in [9.17, 15) is 0 Å². The van der Waals surface area contributed by atoms with Crippen molar-refractivity contribution in [1.82, 2.24) is 0 Å². The average Bonchev–Trinajstić information content (AvgIpc) is 2.56. The minimum atomic E-state index is -2.19. The van der Waals surface area contributed by atoms with Gasteiger partial charge in [0.15, 0.2) is 0 Å². The van der Waals surface area contributed by atoms with Gasteiger partial charge in [0.2, 0.25) is 0 Å². The molecular weight excluding hydrogens is 542 g/mol. The van der Waals surface area contributed by atoms with E-state index in [0.29, 0.717) is 0 Å². The van der Waals surface area contributed by atoms with Crippen LogP contribution in [0.2, 0.25) is 0 Å². The van der Waals surface area contributed by atoms with Gasteiger partial charge in [0.1, 0.15) is 0 Å². The van der Waals surface area contributed by atoms with Gasteiger partial charge in [0.25, 0.3) is 0 Å². The molecule has 0 atom stereocenters. The Morgan fingerprint density at radius 3 is 0.250 bits per heavy atom. The van der Waals surface area contributed by atoms with E-state index >= 15 is 0 Å². The Balaban J connectivity index is -0.0000000481. The van der Waals surface area contributed by atoms with Gasteiger partial charge in [-0.25, -0.2) is 0 Å². The fourth-order valence-corrected chi connectivity index (χ4v) is 0. The van der Waals surface area contributed by atoms with Gasteiger partial charge in [0, 0.05) is 37.1 Å². The third-order valence-electron chi connectivity index (χ3n) is 0.833. The van der Waals surface area contributed by atoms with Crippen molar-refractivity contribution in [3.8, 4) is 0 Å². The van der Waals surface area contributed by atoms with Crippen LogP contribution >= 0.6 is 0 Å². The molecule has 22 heteroatoms. The van der Waals surface area contributed by atoms with Gasteiger partial charge in [-0.3, -0.25) is 0 Å². The van der Waals surface area contributed by atoms with E-state index in [1.54, 1.807) is 0 Å². The van der Waals surface area contributed by atoms with Crippen molar-refractivity contribution in [2.75, 3.05) is 0 Å². The van der Waals surface area contributed by atoms with E-state index in [1.807, 2.05) is 0 Å². The van der Waals surface area contributed by atoms with Gasteiger partial charge >= 0.3 is 0 Å². The molecule has 0 saturated carbocycles. The van der Waals surface area contributed by atoms with Gasteiger partial charge < -0.3 is 99.0 Å². The molecule has 0 rings (SSSR count). The number of carboxylic acid groups (broad SMARTS) is 10. The third-order valence-corrected chi connectivity index (χ3v) is 0.833. The molecule has 0 spiro atoms. The zero-order valence-corrected chi connectivity index (χ0v) is 16.9. The van der Waals surface area contributed by atoms with Crippen molar-refractivity contribution in [3.63, 3.8) is 0 Å². The molecule has 180 valence electrons. The normalized spacial score (nSPS) is 6.88. The SMILES string of the molecule is O=C([O-])C(=O)[O-].O=C([O-])C(=O)[O-].O=C([O-])C(=O)[O-].O=C([O-])C(=O)[O-].O=C([O-])C(=O)[O-].[V].[V]. The summed E-state index contributed by atoms with van der Waals surface area (Å²) in [7, 11) is 0. The maximum atomic E-state index is 8.93.